The summed E-state index contributed by atoms with van der Waals surface area (Å²) in [5.41, 5.74) is -0.633. The van der Waals surface area contributed by atoms with Gasteiger partial charge in [0.05, 0.1) is 6.61 Å². The van der Waals surface area contributed by atoms with Crippen molar-refractivity contribution in [1.82, 2.24) is 10.2 Å². The van der Waals surface area contributed by atoms with E-state index in [0.717, 1.165) is 19.4 Å². The first-order valence-corrected chi connectivity index (χ1v) is 6.74. The largest absolute Gasteiger partial charge is 0.386 e. The molecule has 2 heterocycles. The molecule has 2 aliphatic heterocycles. The third kappa shape index (κ3) is 3.19. The lowest BCUT2D eigenvalue weighted by Crippen LogP contribution is -2.54. The van der Waals surface area contributed by atoms with E-state index < -0.39 is 5.60 Å². The lowest BCUT2D eigenvalue weighted by Gasteiger charge is -2.41. The van der Waals surface area contributed by atoms with Crippen LogP contribution in [0.3, 0.4) is 0 Å². The number of ether oxygens (including phenoxy) is 1. The Hall–Kier alpha value is -0.160. The van der Waals surface area contributed by atoms with Gasteiger partial charge < -0.3 is 20.1 Å². The Kier molecular flexibility index (Phi) is 4.08. The van der Waals surface area contributed by atoms with E-state index in [0.29, 0.717) is 37.8 Å². The molecule has 0 aliphatic carbocycles. The van der Waals surface area contributed by atoms with Crippen LogP contribution in [0.5, 0.6) is 0 Å². The minimum atomic E-state index is -0.633. The van der Waals surface area contributed by atoms with Crippen LogP contribution in [0, 0.1) is 5.92 Å². The van der Waals surface area contributed by atoms with Crippen LogP contribution in [0.2, 0.25) is 0 Å². The minimum Gasteiger partial charge on any atom is -0.386 e. The molecule has 0 spiro atoms. The van der Waals surface area contributed by atoms with Gasteiger partial charge in [-0.3, -0.25) is 0 Å². The third-order valence-electron chi connectivity index (χ3n) is 4.39. The van der Waals surface area contributed by atoms with Gasteiger partial charge in [-0.2, -0.15) is 0 Å². The Bertz CT molecular complexity index is 254. The molecule has 2 rings (SSSR count). The predicted octanol–water partition coefficient (Wildman–Crippen LogP) is 0.456. The summed E-state index contributed by atoms with van der Waals surface area (Å²) in [6.07, 6.45) is 1.92. The van der Waals surface area contributed by atoms with Crippen molar-refractivity contribution in [1.29, 1.82) is 0 Å². The molecular formula is C13H26N2O2. The average molecular weight is 242 g/mol. The molecule has 0 saturated carbocycles. The molecule has 2 N–H and O–H groups in total. The quantitative estimate of drug-likeness (QED) is 0.754. The highest BCUT2D eigenvalue weighted by Crippen LogP contribution is 2.22. The van der Waals surface area contributed by atoms with Gasteiger partial charge in [-0.25, -0.2) is 0 Å². The molecule has 0 aromatic rings. The molecule has 0 radical (unpaired) electrons. The Balaban J connectivity index is 1.82. The number of likely N-dealkylation sites (tertiary alicyclic amines) is 1. The maximum absolute atomic E-state index is 10.2. The zero-order valence-corrected chi connectivity index (χ0v) is 11.3. The lowest BCUT2D eigenvalue weighted by atomic mass is 9.89. The highest BCUT2D eigenvalue weighted by molar-refractivity contribution is 4.91. The van der Waals surface area contributed by atoms with Crippen LogP contribution in [0.1, 0.15) is 26.7 Å². The van der Waals surface area contributed by atoms with Crippen LogP contribution in [-0.4, -0.2) is 61.0 Å². The van der Waals surface area contributed by atoms with Crippen molar-refractivity contribution >= 4 is 0 Å². The predicted molar refractivity (Wildman–Crippen MR) is 68.0 cm³/mol. The van der Waals surface area contributed by atoms with Crippen molar-refractivity contribution in [2.75, 3.05) is 33.4 Å². The summed E-state index contributed by atoms with van der Waals surface area (Å²) in [6.45, 7) is 7.53. The zero-order valence-electron chi connectivity index (χ0n) is 11.3. The van der Waals surface area contributed by atoms with Gasteiger partial charge in [0.15, 0.2) is 0 Å². The normalized spacial score (nSPS) is 44.1. The van der Waals surface area contributed by atoms with Gasteiger partial charge in [-0.05, 0) is 26.3 Å². The third-order valence-corrected chi connectivity index (χ3v) is 4.39. The van der Waals surface area contributed by atoms with E-state index in [-0.39, 0.29) is 0 Å². The second-order valence-corrected chi connectivity index (χ2v) is 6.02. The van der Waals surface area contributed by atoms with E-state index in [1.807, 2.05) is 0 Å². The average Bonchev–Trinajstić information content (AvgIpc) is 2.69. The fraction of sp³-hybridized carbons (Fsp3) is 1.00. The van der Waals surface area contributed by atoms with E-state index in [1.54, 1.807) is 0 Å². The summed E-state index contributed by atoms with van der Waals surface area (Å²) in [5.74, 6) is 0.641. The Morgan fingerprint density at radius 3 is 2.88 bits per heavy atom. The minimum absolute atomic E-state index is 0.483. The molecule has 0 bridgehead atoms. The van der Waals surface area contributed by atoms with Crippen LogP contribution >= 0.6 is 0 Å². The second kappa shape index (κ2) is 5.22. The lowest BCUT2D eigenvalue weighted by molar-refractivity contribution is 0.0179. The smallest absolute Gasteiger partial charge is 0.102 e. The van der Waals surface area contributed by atoms with Gasteiger partial charge in [-0.15, -0.1) is 0 Å². The maximum Gasteiger partial charge on any atom is 0.102 e. The zero-order chi connectivity index (χ0) is 12.5. The highest BCUT2D eigenvalue weighted by atomic mass is 16.5. The molecule has 2 aliphatic rings. The standard InChI is InChI=1S/C13H26N2O2/c1-10-7-15(3)11(2)6-12(10)14-8-13(16)4-5-17-9-13/h10-12,14,16H,4-9H2,1-3H3. The van der Waals surface area contributed by atoms with E-state index in [2.05, 4.69) is 31.1 Å². The molecule has 0 amide bonds. The van der Waals surface area contributed by atoms with Crippen LogP contribution < -0.4 is 5.32 Å². The maximum atomic E-state index is 10.2. The fourth-order valence-electron chi connectivity index (χ4n) is 2.88. The monoisotopic (exact) mass is 242 g/mol. The molecule has 4 nitrogen and oxygen atoms in total. The van der Waals surface area contributed by atoms with Gasteiger partial charge >= 0.3 is 0 Å². The van der Waals surface area contributed by atoms with Crippen molar-refractivity contribution in [3.05, 3.63) is 0 Å². The van der Waals surface area contributed by atoms with Gasteiger partial charge in [0.1, 0.15) is 5.60 Å². The van der Waals surface area contributed by atoms with Crippen molar-refractivity contribution in [2.45, 2.75) is 44.4 Å². The number of piperidine rings is 1. The Morgan fingerprint density at radius 2 is 2.24 bits per heavy atom. The second-order valence-electron chi connectivity index (χ2n) is 6.02. The van der Waals surface area contributed by atoms with E-state index in [1.165, 1.54) is 0 Å². The van der Waals surface area contributed by atoms with Crippen molar-refractivity contribution in [2.24, 2.45) is 5.92 Å². The molecular weight excluding hydrogens is 216 g/mol. The fourth-order valence-corrected chi connectivity index (χ4v) is 2.88. The molecule has 4 atom stereocenters. The topological polar surface area (TPSA) is 44.7 Å². The highest BCUT2D eigenvalue weighted by Gasteiger charge is 2.35. The van der Waals surface area contributed by atoms with Crippen molar-refractivity contribution in [3.8, 4) is 0 Å². The van der Waals surface area contributed by atoms with E-state index in [9.17, 15) is 5.11 Å². The van der Waals surface area contributed by atoms with Gasteiger partial charge in [-0.1, -0.05) is 6.92 Å². The number of aliphatic hydroxyl groups is 1. The van der Waals surface area contributed by atoms with Gasteiger partial charge in [0, 0.05) is 38.2 Å². The molecule has 0 aromatic carbocycles. The van der Waals surface area contributed by atoms with Crippen molar-refractivity contribution < 1.29 is 9.84 Å². The number of hydrogen-bond donors (Lipinski definition) is 2. The Labute approximate surface area is 104 Å². The van der Waals surface area contributed by atoms with Gasteiger partial charge in [0.2, 0.25) is 0 Å². The van der Waals surface area contributed by atoms with E-state index in [4.69, 9.17) is 4.74 Å². The molecule has 17 heavy (non-hydrogen) atoms. The van der Waals surface area contributed by atoms with E-state index >= 15 is 0 Å². The molecule has 2 fully saturated rings. The van der Waals surface area contributed by atoms with Crippen LogP contribution in [0.4, 0.5) is 0 Å². The van der Waals surface area contributed by atoms with Gasteiger partial charge in [0.25, 0.3) is 0 Å². The molecule has 2 saturated heterocycles. The summed E-state index contributed by atoms with van der Waals surface area (Å²) >= 11 is 0. The summed E-state index contributed by atoms with van der Waals surface area (Å²) in [7, 11) is 2.19. The molecule has 4 unspecified atom stereocenters. The number of rotatable bonds is 3. The summed E-state index contributed by atoms with van der Waals surface area (Å²) < 4.78 is 5.27. The van der Waals surface area contributed by atoms with Crippen LogP contribution in [0.25, 0.3) is 0 Å². The number of nitrogens with one attached hydrogen (secondary N) is 1. The first kappa shape index (κ1) is 13.3. The van der Waals surface area contributed by atoms with Crippen molar-refractivity contribution in [3.63, 3.8) is 0 Å². The van der Waals surface area contributed by atoms with Crippen LogP contribution in [0.15, 0.2) is 0 Å². The summed E-state index contributed by atoms with van der Waals surface area (Å²) in [6, 6.07) is 1.14. The molecule has 4 heteroatoms. The first-order chi connectivity index (χ1) is 8.00. The van der Waals surface area contributed by atoms with Crippen LogP contribution in [-0.2, 0) is 4.74 Å². The molecule has 100 valence electrons. The molecule has 0 aromatic heterocycles. The summed E-state index contributed by atoms with van der Waals surface area (Å²) in [5, 5.41) is 13.8. The Morgan fingerprint density at radius 1 is 1.47 bits per heavy atom. The SMILES string of the molecule is CC1CN(C)C(C)CC1NCC1(O)CCOC1. The first-order valence-electron chi connectivity index (χ1n) is 6.74. The number of nitrogens with zero attached hydrogens (tertiary/aromatic N) is 1. The summed E-state index contributed by atoms with van der Waals surface area (Å²) in [4.78, 5) is 2.41. The number of hydrogen-bond acceptors (Lipinski definition) is 4.